The van der Waals surface area contributed by atoms with Gasteiger partial charge in [0.15, 0.2) is 5.69 Å². The highest BCUT2D eigenvalue weighted by molar-refractivity contribution is 5.98. The molecular formula is C18H21N7O3. The van der Waals surface area contributed by atoms with E-state index in [1.807, 2.05) is 0 Å². The van der Waals surface area contributed by atoms with Crippen LogP contribution in [0, 0.1) is 6.92 Å². The number of nitrogens with zero attached hydrogens (tertiary/aromatic N) is 5. The third-order valence-corrected chi connectivity index (χ3v) is 5.16. The van der Waals surface area contributed by atoms with Crippen molar-refractivity contribution >= 4 is 17.7 Å². The average molecular weight is 383 g/mol. The standard InChI is InChI=1S/C18H21N7O3/c1-10-19-6-3-12(20-10)18(28)25-8-4-11-14(9-25)22-23-15(11)16(26)21-13-5-7-24(2)17(13)27/h3,6,13H,4-5,7-9H2,1-2H3,(H,21,26)(H,22,23). The normalized spacial score (nSPS) is 18.9. The first-order valence-electron chi connectivity index (χ1n) is 9.15. The van der Waals surface area contributed by atoms with E-state index < -0.39 is 6.04 Å². The van der Waals surface area contributed by atoms with Gasteiger partial charge in [0.2, 0.25) is 5.91 Å². The van der Waals surface area contributed by atoms with E-state index >= 15 is 0 Å². The highest BCUT2D eigenvalue weighted by atomic mass is 16.2. The van der Waals surface area contributed by atoms with Gasteiger partial charge in [0.25, 0.3) is 11.8 Å². The molecule has 1 unspecified atom stereocenters. The quantitative estimate of drug-likeness (QED) is 0.748. The minimum Gasteiger partial charge on any atom is -0.344 e. The highest BCUT2D eigenvalue weighted by Crippen LogP contribution is 2.22. The predicted octanol–water partition coefficient (Wildman–Crippen LogP) is -0.333. The van der Waals surface area contributed by atoms with Crippen molar-refractivity contribution in [2.45, 2.75) is 32.4 Å². The van der Waals surface area contributed by atoms with Crippen molar-refractivity contribution in [3.8, 4) is 0 Å². The van der Waals surface area contributed by atoms with Crippen LogP contribution in [0.2, 0.25) is 0 Å². The van der Waals surface area contributed by atoms with Crippen molar-refractivity contribution in [2.75, 3.05) is 20.1 Å². The van der Waals surface area contributed by atoms with Gasteiger partial charge in [-0.3, -0.25) is 19.5 Å². The van der Waals surface area contributed by atoms with Crippen molar-refractivity contribution in [3.63, 3.8) is 0 Å². The number of carbonyl (C=O) groups excluding carboxylic acids is 3. The maximum absolute atomic E-state index is 12.7. The number of aromatic nitrogens is 4. The van der Waals surface area contributed by atoms with Crippen LogP contribution < -0.4 is 5.32 Å². The Morgan fingerprint density at radius 3 is 2.86 bits per heavy atom. The molecule has 0 bridgehead atoms. The summed E-state index contributed by atoms with van der Waals surface area (Å²) in [7, 11) is 1.72. The number of likely N-dealkylation sites (N-methyl/N-ethyl adjacent to an activating group) is 1. The number of aryl methyl sites for hydroxylation is 1. The molecule has 146 valence electrons. The van der Waals surface area contributed by atoms with Crippen LogP contribution in [0.1, 0.15) is 44.5 Å². The first-order valence-corrected chi connectivity index (χ1v) is 9.15. The first-order chi connectivity index (χ1) is 13.4. The van der Waals surface area contributed by atoms with Gasteiger partial charge in [0, 0.05) is 31.9 Å². The van der Waals surface area contributed by atoms with E-state index in [0.717, 1.165) is 11.3 Å². The molecule has 10 nitrogen and oxygen atoms in total. The molecule has 2 aliphatic rings. The number of likely N-dealkylation sites (tertiary alicyclic amines) is 1. The summed E-state index contributed by atoms with van der Waals surface area (Å²) in [5, 5.41) is 9.77. The number of fused-ring (bicyclic) bond motifs is 1. The molecule has 28 heavy (non-hydrogen) atoms. The Morgan fingerprint density at radius 1 is 1.32 bits per heavy atom. The Balaban J connectivity index is 1.47. The Bertz CT molecular complexity index is 954. The van der Waals surface area contributed by atoms with E-state index in [1.165, 1.54) is 0 Å². The summed E-state index contributed by atoms with van der Waals surface area (Å²) in [4.78, 5) is 48.7. The Kier molecular flexibility index (Phi) is 4.54. The first kappa shape index (κ1) is 18.1. The zero-order valence-electron chi connectivity index (χ0n) is 15.7. The van der Waals surface area contributed by atoms with E-state index in [2.05, 4.69) is 25.5 Å². The molecular weight excluding hydrogens is 362 g/mol. The molecule has 3 amide bonds. The predicted molar refractivity (Wildman–Crippen MR) is 97.3 cm³/mol. The number of rotatable bonds is 3. The molecule has 1 saturated heterocycles. The minimum absolute atomic E-state index is 0.0883. The van der Waals surface area contributed by atoms with E-state index in [1.54, 1.807) is 36.0 Å². The maximum Gasteiger partial charge on any atom is 0.272 e. The monoisotopic (exact) mass is 383 g/mol. The van der Waals surface area contributed by atoms with Crippen molar-refractivity contribution in [2.24, 2.45) is 0 Å². The second kappa shape index (κ2) is 7.02. The van der Waals surface area contributed by atoms with Crippen LogP contribution in [0.15, 0.2) is 12.3 Å². The number of aromatic amines is 1. The summed E-state index contributed by atoms with van der Waals surface area (Å²) < 4.78 is 0. The number of carbonyl (C=O) groups is 3. The van der Waals surface area contributed by atoms with Crippen LogP contribution >= 0.6 is 0 Å². The number of amides is 3. The molecule has 0 aliphatic carbocycles. The molecule has 2 aromatic rings. The smallest absolute Gasteiger partial charge is 0.272 e. The van der Waals surface area contributed by atoms with Crippen molar-refractivity contribution in [3.05, 3.63) is 40.7 Å². The molecule has 0 aromatic carbocycles. The van der Waals surface area contributed by atoms with Gasteiger partial charge < -0.3 is 15.1 Å². The zero-order chi connectivity index (χ0) is 19.8. The number of hydrogen-bond donors (Lipinski definition) is 2. The second-order valence-electron chi connectivity index (χ2n) is 7.07. The van der Waals surface area contributed by atoms with Gasteiger partial charge in [-0.2, -0.15) is 5.10 Å². The van der Waals surface area contributed by atoms with Gasteiger partial charge >= 0.3 is 0 Å². The Labute approximate surface area is 161 Å². The summed E-state index contributed by atoms with van der Waals surface area (Å²) in [6.07, 6.45) is 2.66. The van der Waals surface area contributed by atoms with Gasteiger partial charge in [-0.1, -0.05) is 0 Å². The van der Waals surface area contributed by atoms with Crippen LogP contribution in [-0.2, 0) is 17.8 Å². The van der Waals surface area contributed by atoms with Gasteiger partial charge in [0.05, 0.1) is 12.2 Å². The van der Waals surface area contributed by atoms with Crippen LogP contribution in [0.25, 0.3) is 0 Å². The fourth-order valence-electron chi connectivity index (χ4n) is 3.60. The lowest BCUT2D eigenvalue weighted by Gasteiger charge is -2.26. The van der Waals surface area contributed by atoms with Crippen molar-refractivity contribution < 1.29 is 14.4 Å². The molecule has 0 radical (unpaired) electrons. The highest BCUT2D eigenvalue weighted by Gasteiger charge is 2.33. The fourth-order valence-corrected chi connectivity index (χ4v) is 3.60. The third kappa shape index (κ3) is 3.21. The van der Waals surface area contributed by atoms with Gasteiger partial charge in [-0.15, -0.1) is 0 Å². The van der Waals surface area contributed by atoms with E-state index in [4.69, 9.17) is 0 Å². The lowest BCUT2D eigenvalue weighted by Crippen LogP contribution is -2.41. The van der Waals surface area contributed by atoms with Crippen LogP contribution in [-0.4, -0.2) is 73.9 Å². The fraction of sp³-hybridized carbons (Fsp3) is 0.444. The molecule has 1 fully saturated rings. The summed E-state index contributed by atoms with van der Waals surface area (Å²) >= 11 is 0. The van der Waals surface area contributed by atoms with Crippen molar-refractivity contribution in [1.29, 1.82) is 0 Å². The number of nitrogens with one attached hydrogen (secondary N) is 2. The van der Waals surface area contributed by atoms with Gasteiger partial charge in [-0.05, 0) is 25.8 Å². The van der Waals surface area contributed by atoms with Crippen LogP contribution in [0.3, 0.4) is 0 Å². The molecule has 0 spiro atoms. The maximum atomic E-state index is 12.7. The average Bonchev–Trinajstić information content (AvgIpc) is 3.25. The van der Waals surface area contributed by atoms with E-state index in [-0.39, 0.29) is 17.7 Å². The summed E-state index contributed by atoms with van der Waals surface area (Å²) in [5.74, 6) is -0.0977. The summed E-state index contributed by atoms with van der Waals surface area (Å²) in [5.41, 5.74) is 2.16. The molecule has 2 aliphatic heterocycles. The molecule has 4 heterocycles. The lowest BCUT2D eigenvalue weighted by atomic mass is 10.0. The Morgan fingerprint density at radius 2 is 2.14 bits per heavy atom. The molecule has 2 aromatic heterocycles. The largest absolute Gasteiger partial charge is 0.344 e. The molecule has 1 atom stereocenters. The second-order valence-corrected chi connectivity index (χ2v) is 7.07. The SMILES string of the molecule is Cc1nccc(C(=O)N2CCc3c(C(=O)NC4CCN(C)C4=O)n[nH]c3C2)n1. The van der Waals surface area contributed by atoms with Gasteiger partial charge in [0.1, 0.15) is 17.6 Å². The molecule has 10 heteroatoms. The zero-order valence-corrected chi connectivity index (χ0v) is 15.7. The summed E-state index contributed by atoms with van der Waals surface area (Å²) in [6, 6.07) is 1.08. The topological polar surface area (TPSA) is 124 Å². The molecule has 0 saturated carbocycles. The number of hydrogen-bond acceptors (Lipinski definition) is 6. The minimum atomic E-state index is -0.507. The third-order valence-electron chi connectivity index (χ3n) is 5.16. The van der Waals surface area contributed by atoms with Gasteiger partial charge in [-0.25, -0.2) is 9.97 Å². The summed E-state index contributed by atoms with van der Waals surface area (Å²) in [6.45, 7) is 3.14. The van der Waals surface area contributed by atoms with Crippen molar-refractivity contribution in [1.82, 2.24) is 35.3 Å². The van der Waals surface area contributed by atoms with Crippen LogP contribution in [0.5, 0.6) is 0 Å². The van der Waals surface area contributed by atoms with E-state index in [9.17, 15) is 14.4 Å². The molecule has 2 N–H and O–H groups in total. The molecule has 4 rings (SSSR count). The Hall–Kier alpha value is -3.30. The lowest BCUT2D eigenvalue weighted by molar-refractivity contribution is -0.128. The van der Waals surface area contributed by atoms with Crippen LogP contribution in [0.4, 0.5) is 0 Å². The number of H-pyrrole nitrogens is 1. The van der Waals surface area contributed by atoms with E-state index in [0.29, 0.717) is 49.7 Å².